The number of rotatable bonds is 15. The van der Waals surface area contributed by atoms with E-state index in [4.69, 9.17) is 15.6 Å². The zero-order valence-electron chi connectivity index (χ0n) is 16.1. The highest BCUT2D eigenvalue weighted by Gasteiger charge is 2.20. The molecule has 0 aliphatic carbocycles. The molecule has 0 saturated heterocycles. The molecule has 1 unspecified atom stereocenters. The molecule has 0 heterocycles. The van der Waals surface area contributed by atoms with Crippen molar-refractivity contribution >= 4 is 11.8 Å². The van der Waals surface area contributed by atoms with Crippen molar-refractivity contribution in [3.05, 3.63) is 0 Å². The maximum atomic E-state index is 12.3. The van der Waals surface area contributed by atoms with Gasteiger partial charge in [-0.1, -0.05) is 32.6 Å². The van der Waals surface area contributed by atoms with Gasteiger partial charge in [-0.05, 0) is 33.2 Å². The van der Waals surface area contributed by atoms with E-state index < -0.39 is 11.6 Å². The molecule has 148 valence electrons. The topological polar surface area (TPSA) is 114 Å². The molecule has 0 spiro atoms. The van der Waals surface area contributed by atoms with E-state index in [1.54, 1.807) is 20.8 Å². The van der Waals surface area contributed by atoms with Gasteiger partial charge in [0, 0.05) is 13.0 Å². The van der Waals surface area contributed by atoms with E-state index in [1.807, 2.05) is 0 Å². The molecule has 1 atom stereocenters. The van der Waals surface area contributed by atoms with E-state index in [0.717, 1.165) is 32.1 Å². The van der Waals surface area contributed by atoms with Gasteiger partial charge in [0.1, 0.15) is 6.04 Å². The van der Waals surface area contributed by atoms with Crippen molar-refractivity contribution in [2.45, 2.75) is 77.4 Å². The van der Waals surface area contributed by atoms with Crippen molar-refractivity contribution in [2.24, 2.45) is 5.73 Å². The van der Waals surface area contributed by atoms with E-state index in [0.29, 0.717) is 32.5 Å². The van der Waals surface area contributed by atoms with Crippen LogP contribution in [0.5, 0.6) is 0 Å². The average Bonchev–Trinajstić information content (AvgIpc) is 2.60. The van der Waals surface area contributed by atoms with E-state index >= 15 is 0 Å². The second kappa shape index (κ2) is 14.0. The van der Waals surface area contributed by atoms with E-state index in [-0.39, 0.29) is 18.4 Å². The van der Waals surface area contributed by atoms with Crippen molar-refractivity contribution in [2.75, 3.05) is 26.3 Å². The maximum Gasteiger partial charge on any atom is 0.242 e. The molecule has 0 aliphatic rings. The number of unbranched alkanes of at least 4 members (excludes halogenated alkanes) is 4. The van der Waals surface area contributed by atoms with Gasteiger partial charge in [0.15, 0.2) is 0 Å². The van der Waals surface area contributed by atoms with Gasteiger partial charge >= 0.3 is 0 Å². The number of aliphatic hydroxyl groups is 1. The lowest BCUT2D eigenvalue weighted by Crippen LogP contribution is -2.47. The second-order valence-corrected chi connectivity index (χ2v) is 6.88. The van der Waals surface area contributed by atoms with Crippen LogP contribution in [0.15, 0.2) is 0 Å². The third-order valence-electron chi connectivity index (χ3n) is 3.94. The molecule has 0 fully saturated rings. The fourth-order valence-corrected chi connectivity index (χ4v) is 2.26. The van der Waals surface area contributed by atoms with Gasteiger partial charge in [0.25, 0.3) is 0 Å². The molecule has 2 amide bonds. The lowest BCUT2D eigenvalue weighted by atomic mass is 10.1. The predicted molar refractivity (Wildman–Crippen MR) is 99.1 cm³/mol. The summed E-state index contributed by atoms with van der Waals surface area (Å²) in [5.74, 6) is -0.310. The lowest BCUT2D eigenvalue weighted by molar-refractivity contribution is -0.129. The van der Waals surface area contributed by atoms with Crippen molar-refractivity contribution < 1.29 is 19.4 Å². The summed E-state index contributed by atoms with van der Waals surface area (Å²) in [5, 5.41) is 14.7. The number of nitrogens with two attached hydrogens (primary N) is 1. The van der Waals surface area contributed by atoms with Crippen LogP contribution in [-0.4, -0.2) is 54.9 Å². The van der Waals surface area contributed by atoms with Crippen LogP contribution >= 0.6 is 0 Å². The van der Waals surface area contributed by atoms with Gasteiger partial charge in [-0.3, -0.25) is 9.59 Å². The minimum Gasteiger partial charge on any atom is -0.393 e. The highest BCUT2D eigenvalue weighted by molar-refractivity contribution is 5.87. The van der Waals surface area contributed by atoms with Crippen molar-refractivity contribution in [1.29, 1.82) is 0 Å². The molecular weight excluding hydrogens is 322 g/mol. The summed E-state index contributed by atoms with van der Waals surface area (Å²) < 4.78 is 5.48. The quantitative estimate of drug-likeness (QED) is 0.327. The van der Waals surface area contributed by atoms with Crippen LogP contribution in [0, 0.1) is 0 Å². The van der Waals surface area contributed by atoms with Crippen LogP contribution in [0.2, 0.25) is 0 Å². The highest BCUT2D eigenvalue weighted by atomic mass is 16.5. The Hall–Kier alpha value is -1.18. The van der Waals surface area contributed by atoms with Gasteiger partial charge in [-0.15, -0.1) is 0 Å². The number of aliphatic hydroxyl groups excluding tert-OH is 1. The first-order valence-electron chi connectivity index (χ1n) is 9.38. The third kappa shape index (κ3) is 12.8. The Labute approximate surface area is 152 Å². The Morgan fingerprint density at radius 1 is 1.16 bits per heavy atom. The average molecular weight is 360 g/mol. The fraction of sp³-hybridized carbons (Fsp3) is 0.889. The third-order valence-corrected chi connectivity index (χ3v) is 3.94. The summed E-state index contributed by atoms with van der Waals surface area (Å²) in [6.45, 7) is 6.62. The van der Waals surface area contributed by atoms with Crippen LogP contribution in [-0.2, 0) is 14.3 Å². The molecule has 0 radical (unpaired) electrons. The second-order valence-electron chi connectivity index (χ2n) is 6.88. The van der Waals surface area contributed by atoms with Crippen molar-refractivity contribution in [3.63, 3.8) is 0 Å². The minimum absolute atomic E-state index is 0.0831. The molecule has 0 rings (SSSR count). The molecule has 7 nitrogen and oxygen atoms in total. The normalized spacial score (nSPS) is 12.7. The van der Waals surface area contributed by atoms with E-state index in [1.165, 1.54) is 0 Å². The van der Waals surface area contributed by atoms with Gasteiger partial charge in [0.05, 0.1) is 18.8 Å². The number of nitrogens with one attached hydrogen (secondary N) is 2. The van der Waals surface area contributed by atoms with Crippen molar-refractivity contribution in [1.82, 2.24) is 10.6 Å². The number of carbonyl (C=O) groups is 2. The van der Waals surface area contributed by atoms with E-state index in [9.17, 15) is 9.59 Å². The van der Waals surface area contributed by atoms with E-state index in [2.05, 4.69) is 10.6 Å². The summed E-state index contributed by atoms with van der Waals surface area (Å²) in [6.07, 6.45) is 6.13. The first-order chi connectivity index (χ1) is 11.9. The molecule has 0 aromatic rings. The zero-order valence-corrected chi connectivity index (χ0v) is 16.1. The molecule has 25 heavy (non-hydrogen) atoms. The highest BCUT2D eigenvalue weighted by Crippen LogP contribution is 2.08. The minimum atomic E-state index is -0.621. The molecule has 0 aromatic carbocycles. The number of hydrogen-bond donors (Lipinski definition) is 4. The van der Waals surface area contributed by atoms with Crippen LogP contribution in [0.25, 0.3) is 0 Å². The first kappa shape index (κ1) is 23.8. The summed E-state index contributed by atoms with van der Waals surface area (Å²) >= 11 is 0. The summed E-state index contributed by atoms with van der Waals surface area (Å²) in [6, 6.07) is -0.507. The summed E-state index contributed by atoms with van der Waals surface area (Å²) in [4.78, 5) is 24.0. The zero-order chi connectivity index (χ0) is 19.1. The van der Waals surface area contributed by atoms with Crippen LogP contribution in [0.3, 0.4) is 0 Å². The predicted octanol–water partition coefficient (Wildman–Crippen LogP) is 1.08. The van der Waals surface area contributed by atoms with Gasteiger partial charge in [-0.25, -0.2) is 0 Å². The maximum absolute atomic E-state index is 12.3. The lowest BCUT2D eigenvalue weighted by Gasteiger charge is -2.23. The Morgan fingerprint density at radius 2 is 1.80 bits per heavy atom. The van der Waals surface area contributed by atoms with Gasteiger partial charge < -0.3 is 26.2 Å². The Bertz CT molecular complexity index is 375. The molecule has 0 aromatic heterocycles. The monoisotopic (exact) mass is 359 g/mol. The standard InChI is InChI=1S/C18H37N3O4/c1-4-16(23)21-15(10-8-6-5-7-9-11-19)17(24)20-12-13-25-18(2,3)14-22/h15,22H,4-14,19H2,1-3H3,(H,20,24)(H,21,23). The number of carbonyl (C=O) groups excluding carboxylic acids is 2. The summed E-state index contributed by atoms with van der Waals surface area (Å²) in [5.41, 5.74) is 4.85. The Kier molecular flexibility index (Phi) is 13.4. The molecule has 0 bridgehead atoms. The van der Waals surface area contributed by atoms with Crippen LogP contribution in [0.1, 0.15) is 65.7 Å². The van der Waals surface area contributed by atoms with Gasteiger partial charge in [0.2, 0.25) is 11.8 Å². The number of amides is 2. The summed E-state index contributed by atoms with van der Waals surface area (Å²) in [7, 11) is 0. The molecule has 0 aliphatic heterocycles. The molecule has 0 saturated carbocycles. The van der Waals surface area contributed by atoms with Crippen molar-refractivity contribution in [3.8, 4) is 0 Å². The van der Waals surface area contributed by atoms with Crippen LogP contribution < -0.4 is 16.4 Å². The largest absolute Gasteiger partial charge is 0.393 e. The smallest absolute Gasteiger partial charge is 0.242 e. The number of ether oxygens (including phenoxy) is 1. The number of hydrogen-bond acceptors (Lipinski definition) is 5. The molecule has 7 heteroatoms. The van der Waals surface area contributed by atoms with Gasteiger partial charge in [-0.2, -0.15) is 0 Å². The first-order valence-corrected chi connectivity index (χ1v) is 9.38. The molecular formula is C18H37N3O4. The SMILES string of the molecule is CCC(=O)NC(CCCCCCCN)C(=O)NCCOC(C)(C)CO. The Morgan fingerprint density at radius 3 is 2.40 bits per heavy atom. The Balaban J connectivity index is 4.21. The molecule has 5 N–H and O–H groups in total. The fourth-order valence-electron chi connectivity index (χ4n) is 2.26. The van der Waals surface area contributed by atoms with Crippen LogP contribution in [0.4, 0.5) is 0 Å².